The highest BCUT2D eigenvalue weighted by Gasteiger charge is 2.36. The fraction of sp³-hybridized carbons (Fsp3) is 0.467. The fourth-order valence-electron chi connectivity index (χ4n) is 2.43. The number of hydrogen-bond donors (Lipinski definition) is 1. The Kier molecular flexibility index (Phi) is 4.45. The van der Waals surface area contributed by atoms with Crippen LogP contribution in [0.5, 0.6) is 0 Å². The first-order valence-corrected chi connectivity index (χ1v) is 9.09. The molecule has 1 fully saturated rings. The average Bonchev–Trinajstić information content (AvgIpc) is 2.88. The molecule has 1 aliphatic rings. The summed E-state index contributed by atoms with van der Waals surface area (Å²) in [6.45, 7) is 0.958. The molecule has 0 radical (unpaired) electrons. The Labute approximate surface area is 132 Å². The van der Waals surface area contributed by atoms with Crippen molar-refractivity contribution in [3.63, 3.8) is 0 Å². The van der Waals surface area contributed by atoms with Gasteiger partial charge in [-0.2, -0.15) is 11.8 Å². The lowest BCUT2D eigenvalue weighted by molar-refractivity contribution is 0.380. The van der Waals surface area contributed by atoms with Crippen LogP contribution in [0.25, 0.3) is 0 Å². The number of thioether (sulfide) groups is 1. The van der Waals surface area contributed by atoms with Crippen LogP contribution in [0.3, 0.4) is 0 Å². The van der Waals surface area contributed by atoms with Crippen LogP contribution >= 0.6 is 23.1 Å². The molecule has 1 aromatic heterocycles. The van der Waals surface area contributed by atoms with E-state index in [1.807, 2.05) is 11.8 Å². The molecule has 0 atom stereocenters. The lowest BCUT2D eigenvalue weighted by atomic mass is 9.84. The molecule has 2 aromatic rings. The zero-order valence-electron chi connectivity index (χ0n) is 11.9. The molecular formula is C15H18FN3S2. The van der Waals surface area contributed by atoms with E-state index in [1.165, 1.54) is 31.4 Å². The highest BCUT2D eigenvalue weighted by Crippen LogP contribution is 2.42. The van der Waals surface area contributed by atoms with E-state index in [-0.39, 0.29) is 5.82 Å². The summed E-state index contributed by atoms with van der Waals surface area (Å²) in [6.07, 6.45) is 6.77. The van der Waals surface area contributed by atoms with Crippen molar-refractivity contribution in [2.75, 3.05) is 18.1 Å². The Balaban J connectivity index is 1.57. The first-order chi connectivity index (χ1) is 10.2. The lowest BCUT2D eigenvalue weighted by Crippen LogP contribution is -2.40. The molecule has 21 heavy (non-hydrogen) atoms. The molecule has 0 bridgehead atoms. The predicted molar refractivity (Wildman–Crippen MR) is 87.7 cm³/mol. The molecule has 1 aromatic carbocycles. The summed E-state index contributed by atoms with van der Waals surface area (Å²) in [5.74, 6) is -0.207. The largest absolute Gasteiger partial charge is 0.359 e. The number of nitrogens with one attached hydrogen (secondary N) is 1. The van der Waals surface area contributed by atoms with E-state index in [0.29, 0.717) is 11.2 Å². The zero-order valence-corrected chi connectivity index (χ0v) is 13.6. The Morgan fingerprint density at radius 2 is 2.05 bits per heavy atom. The summed E-state index contributed by atoms with van der Waals surface area (Å²) in [5.41, 5.74) is 1.05. The van der Waals surface area contributed by atoms with Gasteiger partial charge in [-0.25, -0.2) is 4.39 Å². The number of aromatic nitrogens is 2. The van der Waals surface area contributed by atoms with Crippen LogP contribution < -0.4 is 5.32 Å². The molecule has 112 valence electrons. The maximum absolute atomic E-state index is 12.9. The van der Waals surface area contributed by atoms with E-state index in [9.17, 15) is 4.39 Å². The Hall–Kier alpha value is -1.14. The maximum atomic E-state index is 12.9. The van der Waals surface area contributed by atoms with Gasteiger partial charge < -0.3 is 5.32 Å². The van der Waals surface area contributed by atoms with Gasteiger partial charge in [0.25, 0.3) is 0 Å². The minimum absolute atomic E-state index is 0.207. The maximum Gasteiger partial charge on any atom is 0.205 e. The summed E-state index contributed by atoms with van der Waals surface area (Å²) < 4.78 is 13.3. The van der Waals surface area contributed by atoms with E-state index in [0.717, 1.165) is 22.2 Å². The molecule has 0 spiro atoms. The van der Waals surface area contributed by atoms with E-state index in [2.05, 4.69) is 21.8 Å². The van der Waals surface area contributed by atoms with Crippen molar-refractivity contribution >= 4 is 28.2 Å². The molecule has 0 unspecified atom stereocenters. The van der Waals surface area contributed by atoms with Crippen molar-refractivity contribution < 1.29 is 4.39 Å². The molecule has 1 saturated carbocycles. The minimum Gasteiger partial charge on any atom is -0.359 e. The fourth-order valence-corrected chi connectivity index (χ4v) is 4.12. The summed E-state index contributed by atoms with van der Waals surface area (Å²) in [7, 11) is 0. The molecular weight excluding hydrogens is 305 g/mol. The number of benzene rings is 1. The standard InChI is InChI=1S/C15H18FN3S2/c1-20-15(7-2-8-15)10-17-14-19-18-13(21-14)9-11-3-5-12(16)6-4-11/h3-6H,2,7-10H2,1H3,(H,17,19). The Morgan fingerprint density at radius 1 is 1.29 bits per heavy atom. The van der Waals surface area contributed by atoms with Crippen LogP contribution in [0.4, 0.5) is 9.52 Å². The summed E-state index contributed by atoms with van der Waals surface area (Å²) in [6, 6.07) is 6.55. The highest BCUT2D eigenvalue weighted by atomic mass is 32.2. The molecule has 0 aliphatic heterocycles. The number of rotatable bonds is 6. The number of anilines is 1. The monoisotopic (exact) mass is 323 g/mol. The van der Waals surface area contributed by atoms with Gasteiger partial charge in [-0.3, -0.25) is 0 Å². The number of halogens is 1. The van der Waals surface area contributed by atoms with Crippen molar-refractivity contribution in [1.29, 1.82) is 0 Å². The van der Waals surface area contributed by atoms with Gasteiger partial charge in [-0.15, -0.1) is 10.2 Å². The second-order valence-corrected chi connectivity index (χ2v) is 7.73. The van der Waals surface area contributed by atoms with Crippen LogP contribution in [0.2, 0.25) is 0 Å². The van der Waals surface area contributed by atoms with Gasteiger partial charge in [0, 0.05) is 17.7 Å². The second kappa shape index (κ2) is 6.32. The molecule has 3 nitrogen and oxygen atoms in total. The van der Waals surface area contributed by atoms with Gasteiger partial charge in [0.2, 0.25) is 5.13 Å². The predicted octanol–water partition coefficient (Wildman–Crippen LogP) is 3.97. The summed E-state index contributed by atoms with van der Waals surface area (Å²) in [4.78, 5) is 0. The number of nitrogens with zero attached hydrogens (tertiary/aromatic N) is 2. The normalized spacial score (nSPS) is 16.5. The summed E-state index contributed by atoms with van der Waals surface area (Å²) >= 11 is 3.53. The summed E-state index contributed by atoms with van der Waals surface area (Å²) in [5, 5.41) is 13.7. The van der Waals surface area contributed by atoms with Crippen LogP contribution in [-0.4, -0.2) is 27.7 Å². The van der Waals surface area contributed by atoms with Crippen LogP contribution in [0, 0.1) is 5.82 Å². The second-order valence-electron chi connectivity index (χ2n) is 5.40. The first kappa shape index (κ1) is 14.8. The number of hydrogen-bond acceptors (Lipinski definition) is 5. The SMILES string of the molecule is CSC1(CNc2nnc(Cc3ccc(F)cc3)s2)CCC1. The Morgan fingerprint density at radius 3 is 2.67 bits per heavy atom. The van der Waals surface area contributed by atoms with E-state index >= 15 is 0 Å². The highest BCUT2D eigenvalue weighted by molar-refractivity contribution is 8.00. The van der Waals surface area contributed by atoms with Gasteiger partial charge in [0.05, 0.1) is 0 Å². The van der Waals surface area contributed by atoms with Crippen LogP contribution in [0.1, 0.15) is 29.8 Å². The first-order valence-electron chi connectivity index (χ1n) is 7.05. The Bertz CT molecular complexity index is 588. The molecule has 6 heteroatoms. The van der Waals surface area contributed by atoms with Gasteiger partial charge in [0.1, 0.15) is 10.8 Å². The molecule has 3 rings (SSSR count). The molecule has 1 N–H and O–H groups in total. The van der Waals surface area contributed by atoms with Crippen molar-refractivity contribution in [3.8, 4) is 0 Å². The third kappa shape index (κ3) is 3.55. The van der Waals surface area contributed by atoms with Gasteiger partial charge in [0.15, 0.2) is 0 Å². The lowest BCUT2D eigenvalue weighted by Gasteiger charge is -2.40. The van der Waals surface area contributed by atoms with Gasteiger partial charge in [-0.1, -0.05) is 29.9 Å². The quantitative estimate of drug-likeness (QED) is 0.873. The molecule has 0 amide bonds. The van der Waals surface area contributed by atoms with Crippen molar-refractivity contribution in [2.24, 2.45) is 0 Å². The molecule has 1 heterocycles. The van der Waals surface area contributed by atoms with Gasteiger partial charge in [-0.05, 0) is 36.8 Å². The van der Waals surface area contributed by atoms with Crippen LogP contribution in [-0.2, 0) is 6.42 Å². The van der Waals surface area contributed by atoms with Crippen molar-refractivity contribution in [1.82, 2.24) is 10.2 Å². The van der Waals surface area contributed by atoms with Crippen molar-refractivity contribution in [2.45, 2.75) is 30.4 Å². The topological polar surface area (TPSA) is 37.8 Å². The minimum atomic E-state index is -0.207. The molecule has 0 saturated heterocycles. The van der Waals surface area contributed by atoms with E-state index in [1.54, 1.807) is 23.5 Å². The van der Waals surface area contributed by atoms with Gasteiger partial charge >= 0.3 is 0 Å². The van der Waals surface area contributed by atoms with Crippen LogP contribution in [0.15, 0.2) is 24.3 Å². The third-order valence-electron chi connectivity index (χ3n) is 4.00. The van der Waals surface area contributed by atoms with E-state index < -0.39 is 0 Å². The smallest absolute Gasteiger partial charge is 0.205 e. The van der Waals surface area contributed by atoms with E-state index in [4.69, 9.17) is 0 Å². The third-order valence-corrected chi connectivity index (χ3v) is 6.29. The van der Waals surface area contributed by atoms with Crippen molar-refractivity contribution in [3.05, 3.63) is 40.7 Å². The zero-order chi connectivity index (χ0) is 14.7. The molecule has 1 aliphatic carbocycles. The average molecular weight is 323 g/mol.